The Morgan fingerprint density at radius 1 is 0.767 bits per heavy atom. The van der Waals surface area contributed by atoms with Gasteiger partial charge in [0.05, 0.1) is 0 Å². The molecule has 0 amide bonds. The minimum atomic E-state index is -3.19. The summed E-state index contributed by atoms with van der Waals surface area (Å²) in [7, 11) is 1.10. The van der Waals surface area contributed by atoms with Gasteiger partial charge in [0.2, 0.25) is 0 Å². The van der Waals surface area contributed by atoms with Gasteiger partial charge in [-0.05, 0) is 0 Å². The quantitative estimate of drug-likeness (QED) is 0.380. The van der Waals surface area contributed by atoms with Gasteiger partial charge in [-0.25, -0.2) is 0 Å². The van der Waals surface area contributed by atoms with Crippen LogP contribution in [0.15, 0.2) is 39.8 Å². The number of halogens is 2. The van der Waals surface area contributed by atoms with Crippen molar-refractivity contribution in [2.75, 3.05) is 0 Å². The summed E-state index contributed by atoms with van der Waals surface area (Å²) in [6.45, 7) is 20.8. The molecule has 1 nitrogen and oxygen atoms in total. The van der Waals surface area contributed by atoms with Crippen molar-refractivity contribution in [1.29, 1.82) is 0 Å². The van der Waals surface area contributed by atoms with Crippen molar-refractivity contribution in [2.45, 2.75) is 90.0 Å². The molecule has 0 heterocycles. The van der Waals surface area contributed by atoms with Gasteiger partial charge in [-0.3, -0.25) is 0 Å². The van der Waals surface area contributed by atoms with Crippen molar-refractivity contribution in [3.8, 4) is 5.75 Å². The summed E-state index contributed by atoms with van der Waals surface area (Å²) in [6.07, 6.45) is 5.78. The van der Waals surface area contributed by atoms with Crippen LogP contribution in [0.25, 0.3) is 0 Å². The zero-order valence-corrected chi connectivity index (χ0v) is 26.5. The first kappa shape index (κ1) is 30.0. The molecule has 0 N–H and O–H groups in total. The third-order valence-corrected chi connectivity index (χ3v) is 14.6. The summed E-state index contributed by atoms with van der Waals surface area (Å²) >= 11 is -3.19. The minimum absolute atomic E-state index is 0. The number of allylic oxidation sites excluding steroid dienone is 4. The molecule has 1 aromatic rings. The van der Waals surface area contributed by atoms with E-state index >= 15 is 0 Å². The van der Waals surface area contributed by atoms with E-state index in [9.17, 15) is 0 Å². The molecule has 0 aliphatic heterocycles. The summed E-state index contributed by atoms with van der Waals surface area (Å²) in [5.41, 5.74) is 4.66. The second-order valence-electron chi connectivity index (χ2n) is 13.1. The Morgan fingerprint density at radius 3 is 1.57 bits per heavy atom. The Morgan fingerprint density at radius 2 is 1.20 bits per heavy atom. The van der Waals surface area contributed by atoms with E-state index in [-0.39, 0.29) is 41.1 Å². The van der Waals surface area contributed by atoms with Crippen LogP contribution in [0.5, 0.6) is 5.75 Å². The normalized spacial score (nSPS) is 16.6. The zero-order chi connectivity index (χ0) is 21.8. The van der Waals surface area contributed by atoms with Crippen molar-refractivity contribution < 1.29 is 18.3 Å². The molecular weight excluding hydrogens is 463 g/mol. The van der Waals surface area contributed by atoms with Crippen molar-refractivity contribution in [1.82, 2.24) is 0 Å². The Balaban J connectivity index is 0.00000420. The molecule has 0 fully saturated rings. The van der Waals surface area contributed by atoms with E-state index < -0.39 is 14.9 Å². The van der Waals surface area contributed by atoms with Crippen LogP contribution in [0.3, 0.4) is 0 Å². The molecule has 5 heteroatoms. The van der Waals surface area contributed by atoms with Gasteiger partial charge in [-0.1, -0.05) is 0 Å². The summed E-state index contributed by atoms with van der Waals surface area (Å²) in [6, 6.07) is 7.00. The maximum absolute atomic E-state index is 7.13. The fraction of sp³-hybridized carbons (Fsp3) is 0.600. The van der Waals surface area contributed by atoms with E-state index in [2.05, 4.69) is 103 Å². The summed E-state index contributed by atoms with van der Waals surface area (Å²) in [5.74, 6) is 1.09. The van der Waals surface area contributed by atoms with Gasteiger partial charge in [0.15, 0.2) is 0 Å². The molecule has 173 valence electrons. The molecule has 0 unspecified atom stereocenters. The van der Waals surface area contributed by atoms with Gasteiger partial charge in [-0.2, -0.15) is 0 Å². The maximum Gasteiger partial charge on any atom is -0.147 e. The Labute approximate surface area is 202 Å². The first-order chi connectivity index (χ1) is 12.3. The molecule has 2 rings (SSSR count). The van der Waals surface area contributed by atoms with Crippen LogP contribution in [0.1, 0.15) is 79.9 Å². The van der Waals surface area contributed by atoms with Crippen LogP contribution in [0.2, 0.25) is 10.5 Å². The predicted molar refractivity (Wildman–Crippen MR) is 141 cm³/mol. The summed E-state index contributed by atoms with van der Waals surface area (Å²) in [4.78, 5) is 0. The van der Waals surface area contributed by atoms with Gasteiger partial charge < -0.3 is 0 Å². The first-order valence-electron chi connectivity index (χ1n) is 10.8. The average molecular weight is 508 g/mol. The smallest absolute Gasteiger partial charge is 0.147 e. The number of rotatable bonds is 3. The molecule has 0 aromatic heterocycles. The predicted octanol–water partition coefficient (Wildman–Crippen LogP) is 7.75. The van der Waals surface area contributed by atoms with Gasteiger partial charge in [0.25, 0.3) is 0 Å². The third-order valence-electron chi connectivity index (χ3n) is 5.88. The van der Waals surface area contributed by atoms with E-state index in [0.717, 1.165) is 20.3 Å². The van der Waals surface area contributed by atoms with Gasteiger partial charge in [0, 0.05) is 0 Å². The first-order valence-corrected chi connectivity index (χ1v) is 21.0. The second-order valence-corrected chi connectivity index (χ2v) is 35.6. The molecule has 30 heavy (non-hydrogen) atoms. The molecular formula is C25H45Cl2OSiTi. The van der Waals surface area contributed by atoms with E-state index in [1.54, 1.807) is 3.88 Å². The van der Waals surface area contributed by atoms with Crippen LogP contribution in [0.4, 0.5) is 0 Å². The molecule has 1 aliphatic carbocycles. The van der Waals surface area contributed by atoms with Crippen LogP contribution in [0, 0.1) is 5.41 Å². The molecule has 0 radical (unpaired) electrons. The Hall–Kier alpha value is 0.0112. The van der Waals surface area contributed by atoms with E-state index in [4.69, 9.17) is 3.32 Å². The SMILES string of the molecule is CC(C)(C)C1=[C]([Ti]([CH3])([CH3])([SiH3])[O]c2cc(C(C)(C)C)cc(C(C)(C)C)c2)CC=C1.Cl.Cl. The van der Waals surface area contributed by atoms with Crippen molar-refractivity contribution in [3.63, 3.8) is 0 Å². The average Bonchev–Trinajstić information content (AvgIpc) is 2.94. The number of benzene rings is 1. The fourth-order valence-corrected chi connectivity index (χ4v) is 12.0. The number of hydrogen-bond donors (Lipinski definition) is 0. The van der Waals surface area contributed by atoms with E-state index in [1.165, 1.54) is 16.7 Å². The largest absolute Gasteiger partial charge is 0.147 e. The van der Waals surface area contributed by atoms with Gasteiger partial charge in [-0.15, -0.1) is 24.8 Å². The fourth-order valence-electron chi connectivity index (χ4n) is 4.01. The molecule has 1 aromatic carbocycles. The second kappa shape index (κ2) is 9.10. The minimum Gasteiger partial charge on any atom is -0.147 e. The maximum atomic E-state index is 7.13. The molecule has 1 aliphatic rings. The van der Waals surface area contributed by atoms with Crippen LogP contribution in [-0.4, -0.2) is 8.11 Å². The molecule has 0 atom stereocenters. The molecule has 0 bridgehead atoms. The molecule has 0 saturated carbocycles. The summed E-state index contributed by atoms with van der Waals surface area (Å²) < 4.78 is 8.76. The van der Waals surface area contributed by atoms with Crippen LogP contribution in [-0.2, 0) is 25.8 Å². The Kier molecular flexibility index (Phi) is 9.10. The van der Waals surface area contributed by atoms with Gasteiger partial charge >= 0.3 is 178 Å². The van der Waals surface area contributed by atoms with Crippen LogP contribution >= 0.6 is 24.8 Å². The topological polar surface area (TPSA) is 9.23 Å². The standard InChI is InChI=1S/C14H22O.C9H13.2CH3.2ClH.H3Si.Ti/c1-13(2,3)10-7-11(14(4,5)6)9-12(15)8-10;1-9(2,3)8-6-4-5-7-8;;;;;;/h7-9,15H,1-6H3;4,6H,5H2,1-3H3;2*1H3;2*1H;1H3;/q;;;;;;;+1/p-1. The van der Waals surface area contributed by atoms with E-state index in [1.807, 2.05) is 0 Å². The summed E-state index contributed by atoms with van der Waals surface area (Å²) in [5, 5.41) is 4.97. The molecule has 0 saturated heterocycles. The number of hydrogen-bond acceptors (Lipinski definition) is 1. The Bertz CT molecular complexity index is 794. The monoisotopic (exact) mass is 507 g/mol. The van der Waals surface area contributed by atoms with Crippen molar-refractivity contribution in [3.05, 3.63) is 50.9 Å². The zero-order valence-electron chi connectivity index (χ0n) is 21.3. The third kappa shape index (κ3) is 7.01. The van der Waals surface area contributed by atoms with Crippen molar-refractivity contribution >= 4 is 32.9 Å². The van der Waals surface area contributed by atoms with Crippen LogP contribution < -0.4 is 3.32 Å². The van der Waals surface area contributed by atoms with E-state index in [0.29, 0.717) is 0 Å². The van der Waals surface area contributed by atoms with Crippen molar-refractivity contribution in [2.24, 2.45) is 5.41 Å². The molecule has 0 spiro atoms. The van der Waals surface area contributed by atoms with Gasteiger partial charge in [0.1, 0.15) is 0 Å².